The quantitative estimate of drug-likeness (QED) is 0.787. The van der Waals surface area contributed by atoms with E-state index < -0.39 is 0 Å². The summed E-state index contributed by atoms with van der Waals surface area (Å²) in [7, 11) is 0. The molecular weight excluding hydrogens is 266 g/mol. The fraction of sp³-hybridized carbons (Fsp3) is 0.429. The summed E-state index contributed by atoms with van der Waals surface area (Å²) in [6.07, 6.45) is 9.72. The minimum Gasteiger partial charge on any atom is -0.320 e. The predicted molar refractivity (Wildman–Crippen MR) is 94.0 cm³/mol. The van der Waals surface area contributed by atoms with Crippen LogP contribution in [0.15, 0.2) is 54.6 Å². The molecule has 0 heterocycles. The molecule has 1 aliphatic carbocycles. The average Bonchev–Trinajstić information content (AvgIpc) is 2.55. The lowest BCUT2D eigenvalue weighted by molar-refractivity contribution is 0.455. The zero-order chi connectivity index (χ0) is 15.2. The molecule has 116 valence electrons. The van der Waals surface area contributed by atoms with Crippen LogP contribution in [0.1, 0.15) is 73.6 Å². The van der Waals surface area contributed by atoms with Crippen LogP contribution in [-0.4, -0.2) is 0 Å². The molecule has 0 aromatic heterocycles. The van der Waals surface area contributed by atoms with Gasteiger partial charge in [-0.25, -0.2) is 0 Å². The fourth-order valence-corrected chi connectivity index (χ4v) is 3.62. The van der Waals surface area contributed by atoms with E-state index in [1.165, 1.54) is 61.6 Å². The Labute approximate surface area is 134 Å². The van der Waals surface area contributed by atoms with Gasteiger partial charge in [-0.2, -0.15) is 0 Å². The molecule has 2 aromatic rings. The van der Waals surface area contributed by atoms with Crippen molar-refractivity contribution < 1.29 is 0 Å². The molecule has 3 rings (SSSR count). The SMILES string of the molecule is NC(c1ccccc1)c1ccc(C2CCCCCCC2)cc1. The molecule has 0 saturated heterocycles. The molecular formula is C21H27N. The first kappa shape index (κ1) is 15.3. The summed E-state index contributed by atoms with van der Waals surface area (Å²) in [5.74, 6) is 0.752. The van der Waals surface area contributed by atoms with E-state index in [4.69, 9.17) is 5.73 Å². The molecule has 1 unspecified atom stereocenters. The van der Waals surface area contributed by atoms with Crippen molar-refractivity contribution in [2.24, 2.45) is 5.73 Å². The van der Waals surface area contributed by atoms with Crippen molar-refractivity contribution in [2.75, 3.05) is 0 Å². The normalized spacial score (nSPS) is 18.4. The van der Waals surface area contributed by atoms with Gasteiger partial charge in [0.1, 0.15) is 0 Å². The second kappa shape index (κ2) is 7.60. The maximum atomic E-state index is 6.39. The molecule has 0 amide bonds. The summed E-state index contributed by atoms with van der Waals surface area (Å²) < 4.78 is 0. The Morgan fingerprint density at radius 2 is 1.23 bits per heavy atom. The highest BCUT2D eigenvalue weighted by molar-refractivity contribution is 5.34. The van der Waals surface area contributed by atoms with Gasteiger partial charge in [-0.15, -0.1) is 0 Å². The maximum Gasteiger partial charge on any atom is 0.0551 e. The van der Waals surface area contributed by atoms with E-state index in [-0.39, 0.29) is 6.04 Å². The van der Waals surface area contributed by atoms with Crippen molar-refractivity contribution in [1.82, 2.24) is 0 Å². The molecule has 0 aliphatic heterocycles. The minimum atomic E-state index is -0.0208. The largest absolute Gasteiger partial charge is 0.320 e. The van der Waals surface area contributed by atoms with Gasteiger partial charge in [-0.05, 0) is 35.4 Å². The standard InChI is InChI=1S/C21H27N/c22-21(19-11-7-4-8-12-19)20-15-13-18(14-16-20)17-9-5-2-1-3-6-10-17/h4,7-8,11-17,21H,1-3,5-6,9-10,22H2. The average molecular weight is 293 g/mol. The number of nitrogens with two attached hydrogens (primary N) is 1. The van der Waals surface area contributed by atoms with Crippen LogP contribution in [0.3, 0.4) is 0 Å². The van der Waals surface area contributed by atoms with Crippen LogP contribution >= 0.6 is 0 Å². The lowest BCUT2D eigenvalue weighted by atomic mass is 9.85. The third-order valence-corrected chi connectivity index (χ3v) is 5.03. The van der Waals surface area contributed by atoms with E-state index in [1.54, 1.807) is 0 Å². The van der Waals surface area contributed by atoms with Crippen LogP contribution in [0, 0.1) is 0 Å². The lowest BCUT2D eigenvalue weighted by Gasteiger charge is -2.21. The summed E-state index contributed by atoms with van der Waals surface area (Å²) >= 11 is 0. The summed E-state index contributed by atoms with van der Waals surface area (Å²) in [6, 6.07) is 19.4. The van der Waals surface area contributed by atoms with Gasteiger partial charge in [0, 0.05) is 0 Å². The van der Waals surface area contributed by atoms with Crippen molar-refractivity contribution in [3.63, 3.8) is 0 Å². The van der Waals surface area contributed by atoms with Crippen molar-refractivity contribution in [2.45, 2.75) is 56.9 Å². The first-order valence-corrected chi connectivity index (χ1v) is 8.75. The molecule has 1 atom stereocenters. The van der Waals surface area contributed by atoms with Gasteiger partial charge in [-0.3, -0.25) is 0 Å². The molecule has 1 heteroatoms. The fourth-order valence-electron chi connectivity index (χ4n) is 3.62. The van der Waals surface area contributed by atoms with Crippen molar-refractivity contribution in [3.8, 4) is 0 Å². The Morgan fingerprint density at radius 3 is 1.86 bits per heavy atom. The highest BCUT2D eigenvalue weighted by atomic mass is 14.6. The van der Waals surface area contributed by atoms with E-state index >= 15 is 0 Å². The molecule has 1 saturated carbocycles. The van der Waals surface area contributed by atoms with Crippen molar-refractivity contribution in [3.05, 3.63) is 71.3 Å². The molecule has 0 radical (unpaired) electrons. The number of benzene rings is 2. The van der Waals surface area contributed by atoms with Gasteiger partial charge < -0.3 is 5.73 Å². The molecule has 0 bridgehead atoms. The molecule has 1 fully saturated rings. The molecule has 2 aromatic carbocycles. The summed E-state index contributed by atoms with van der Waals surface area (Å²) in [4.78, 5) is 0. The number of hydrogen-bond donors (Lipinski definition) is 1. The van der Waals surface area contributed by atoms with Gasteiger partial charge >= 0.3 is 0 Å². The van der Waals surface area contributed by atoms with E-state index in [9.17, 15) is 0 Å². The summed E-state index contributed by atoms with van der Waals surface area (Å²) in [6.45, 7) is 0. The monoisotopic (exact) mass is 293 g/mol. The zero-order valence-electron chi connectivity index (χ0n) is 13.4. The third kappa shape index (κ3) is 3.78. The van der Waals surface area contributed by atoms with Crippen LogP contribution < -0.4 is 5.73 Å². The molecule has 0 spiro atoms. The topological polar surface area (TPSA) is 26.0 Å². The van der Waals surface area contributed by atoms with Crippen molar-refractivity contribution in [1.29, 1.82) is 0 Å². The Balaban J connectivity index is 1.71. The molecule has 1 aliphatic rings. The van der Waals surface area contributed by atoms with E-state index in [0.29, 0.717) is 0 Å². The summed E-state index contributed by atoms with van der Waals surface area (Å²) in [5.41, 5.74) is 10.3. The highest BCUT2D eigenvalue weighted by Gasteiger charge is 2.14. The Hall–Kier alpha value is -1.60. The minimum absolute atomic E-state index is 0.0208. The van der Waals surface area contributed by atoms with Crippen LogP contribution in [0.25, 0.3) is 0 Å². The van der Waals surface area contributed by atoms with Crippen LogP contribution in [-0.2, 0) is 0 Å². The second-order valence-corrected chi connectivity index (χ2v) is 6.60. The van der Waals surface area contributed by atoms with Gasteiger partial charge in [0.25, 0.3) is 0 Å². The van der Waals surface area contributed by atoms with Crippen LogP contribution in [0.2, 0.25) is 0 Å². The van der Waals surface area contributed by atoms with Gasteiger partial charge in [-0.1, -0.05) is 86.7 Å². The van der Waals surface area contributed by atoms with E-state index in [1.807, 2.05) is 6.07 Å². The molecule has 22 heavy (non-hydrogen) atoms. The second-order valence-electron chi connectivity index (χ2n) is 6.60. The first-order valence-electron chi connectivity index (χ1n) is 8.75. The van der Waals surface area contributed by atoms with Crippen LogP contribution in [0.5, 0.6) is 0 Å². The Bertz CT molecular complexity index is 550. The smallest absolute Gasteiger partial charge is 0.0551 e. The maximum absolute atomic E-state index is 6.39. The van der Waals surface area contributed by atoms with Gasteiger partial charge in [0.15, 0.2) is 0 Å². The van der Waals surface area contributed by atoms with E-state index in [2.05, 4.69) is 48.5 Å². The first-order chi connectivity index (χ1) is 10.8. The third-order valence-electron chi connectivity index (χ3n) is 5.03. The predicted octanol–water partition coefficient (Wildman–Crippen LogP) is 5.56. The molecule has 1 nitrogen and oxygen atoms in total. The molecule has 2 N–H and O–H groups in total. The number of hydrogen-bond acceptors (Lipinski definition) is 1. The van der Waals surface area contributed by atoms with Gasteiger partial charge in [0.05, 0.1) is 6.04 Å². The zero-order valence-corrected chi connectivity index (χ0v) is 13.4. The van der Waals surface area contributed by atoms with Crippen LogP contribution in [0.4, 0.5) is 0 Å². The highest BCUT2D eigenvalue weighted by Crippen LogP contribution is 2.31. The number of rotatable bonds is 3. The summed E-state index contributed by atoms with van der Waals surface area (Å²) in [5, 5.41) is 0. The van der Waals surface area contributed by atoms with Crippen molar-refractivity contribution >= 4 is 0 Å². The van der Waals surface area contributed by atoms with E-state index in [0.717, 1.165) is 5.92 Å². The lowest BCUT2D eigenvalue weighted by Crippen LogP contribution is -2.12. The Kier molecular flexibility index (Phi) is 5.29. The Morgan fingerprint density at radius 1 is 0.682 bits per heavy atom. The van der Waals surface area contributed by atoms with Gasteiger partial charge in [0.2, 0.25) is 0 Å².